The Hall–Kier alpha value is -1.36. The van der Waals surface area contributed by atoms with Crippen LogP contribution in [0.3, 0.4) is 0 Å². The molecule has 2 aliphatic heterocycles. The molecule has 0 unspecified atom stereocenters. The summed E-state index contributed by atoms with van der Waals surface area (Å²) in [6, 6.07) is 6.68. The molecule has 13 heteroatoms. The van der Waals surface area contributed by atoms with Crippen molar-refractivity contribution in [1.29, 1.82) is 0 Å². The number of anilines is 1. The topological polar surface area (TPSA) is 198 Å². The molecule has 10 atom stereocenters. The van der Waals surface area contributed by atoms with Crippen molar-refractivity contribution in [2.45, 2.75) is 72.4 Å². The molecule has 2 heterocycles. The van der Waals surface area contributed by atoms with Crippen LogP contribution in [-0.2, 0) is 19.0 Å². The number of hydrogen-bond acceptors (Lipinski definition) is 12. The minimum absolute atomic E-state index is 0.221. The normalized spacial score (nSPS) is 39.3. The highest BCUT2D eigenvalue weighted by atomic mass is 32.2. The van der Waals surface area contributed by atoms with Gasteiger partial charge in [0, 0.05) is 17.5 Å². The third kappa shape index (κ3) is 6.01. The fraction of sp³-hybridized carbons (Fsp3) is 0.650. The van der Waals surface area contributed by atoms with Crippen molar-refractivity contribution in [3.63, 3.8) is 0 Å². The van der Waals surface area contributed by atoms with Crippen molar-refractivity contribution in [2.75, 3.05) is 18.5 Å². The molecule has 8 N–H and O–H groups in total. The first-order valence-corrected chi connectivity index (χ1v) is 11.2. The van der Waals surface area contributed by atoms with Gasteiger partial charge in [-0.1, -0.05) is 11.8 Å². The van der Waals surface area contributed by atoms with Crippen molar-refractivity contribution in [3.05, 3.63) is 24.3 Å². The van der Waals surface area contributed by atoms with Crippen LogP contribution in [-0.4, -0.2) is 115 Å². The lowest BCUT2D eigenvalue weighted by Crippen LogP contribution is -2.64. The molecule has 0 bridgehead atoms. The van der Waals surface area contributed by atoms with Gasteiger partial charge in [0.2, 0.25) is 5.91 Å². The van der Waals surface area contributed by atoms with Crippen LogP contribution in [0.1, 0.15) is 6.92 Å². The summed E-state index contributed by atoms with van der Waals surface area (Å²) in [6.07, 6.45) is -13.3. The van der Waals surface area contributed by atoms with Gasteiger partial charge in [0.05, 0.1) is 13.2 Å². The molecule has 2 saturated heterocycles. The van der Waals surface area contributed by atoms with E-state index in [1.54, 1.807) is 24.3 Å². The zero-order valence-corrected chi connectivity index (χ0v) is 18.5. The molecule has 3 rings (SSSR count). The van der Waals surface area contributed by atoms with Crippen LogP contribution in [0.15, 0.2) is 29.2 Å². The molecular formula is C20H29NO11S. The number of hydrogen-bond donors (Lipinski definition) is 8. The summed E-state index contributed by atoms with van der Waals surface area (Å²) >= 11 is 1.08. The van der Waals surface area contributed by atoms with Gasteiger partial charge in [0.1, 0.15) is 54.3 Å². The van der Waals surface area contributed by atoms with Crippen LogP contribution in [0.2, 0.25) is 0 Å². The Morgan fingerprint density at radius 2 is 1.55 bits per heavy atom. The van der Waals surface area contributed by atoms with Gasteiger partial charge >= 0.3 is 0 Å². The fourth-order valence-corrected chi connectivity index (χ4v) is 4.67. The van der Waals surface area contributed by atoms with E-state index in [0.29, 0.717) is 10.6 Å². The maximum absolute atomic E-state index is 11.1. The highest BCUT2D eigenvalue weighted by Gasteiger charge is 2.50. The number of thioether (sulfide) groups is 1. The lowest BCUT2D eigenvalue weighted by Gasteiger charge is -2.46. The molecule has 186 valence electrons. The van der Waals surface area contributed by atoms with Crippen LogP contribution in [0, 0.1) is 0 Å². The van der Waals surface area contributed by atoms with Crippen molar-refractivity contribution < 1.29 is 54.8 Å². The molecule has 12 nitrogen and oxygen atoms in total. The molecule has 1 aromatic carbocycles. The van der Waals surface area contributed by atoms with E-state index in [9.17, 15) is 40.5 Å². The Bertz CT molecular complexity index is 780. The quantitative estimate of drug-likeness (QED) is 0.198. The highest BCUT2D eigenvalue weighted by Crippen LogP contribution is 2.36. The fourth-order valence-electron chi connectivity index (χ4n) is 3.61. The SMILES string of the molecule is CC(=O)Nc1ccc(S[C@@H]2O[C@H](CO)[C@@H](O[C@H]3O[C@H](CO)[C@@H](O)[C@H](O)[C@H]3O)[C@H](O)[C@H]2O)cc1. The molecule has 1 aromatic rings. The minimum atomic E-state index is -1.72. The summed E-state index contributed by atoms with van der Waals surface area (Å²) in [5, 5.41) is 72.9. The lowest BCUT2D eigenvalue weighted by molar-refractivity contribution is -0.338. The summed E-state index contributed by atoms with van der Waals surface area (Å²) in [6.45, 7) is 0.109. The smallest absolute Gasteiger partial charge is 0.221 e. The molecule has 0 aliphatic carbocycles. The van der Waals surface area contributed by atoms with Crippen molar-refractivity contribution in [3.8, 4) is 0 Å². The Kier molecular flexibility index (Phi) is 9.05. The van der Waals surface area contributed by atoms with Crippen molar-refractivity contribution in [2.24, 2.45) is 0 Å². The van der Waals surface area contributed by atoms with E-state index in [1.165, 1.54) is 6.92 Å². The molecule has 0 saturated carbocycles. The monoisotopic (exact) mass is 491 g/mol. The lowest BCUT2D eigenvalue weighted by atomic mass is 9.97. The maximum atomic E-state index is 11.1. The van der Waals surface area contributed by atoms with Crippen LogP contribution in [0.4, 0.5) is 5.69 Å². The Morgan fingerprint density at radius 3 is 2.12 bits per heavy atom. The second-order valence-electron chi connectivity index (χ2n) is 7.83. The van der Waals surface area contributed by atoms with Gasteiger partial charge in [-0.3, -0.25) is 4.79 Å². The van der Waals surface area contributed by atoms with Gasteiger partial charge in [-0.2, -0.15) is 0 Å². The van der Waals surface area contributed by atoms with Crippen LogP contribution < -0.4 is 5.32 Å². The van der Waals surface area contributed by atoms with Crippen LogP contribution in [0.5, 0.6) is 0 Å². The summed E-state index contributed by atoms with van der Waals surface area (Å²) in [5.41, 5.74) is -0.406. The van der Waals surface area contributed by atoms with Crippen molar-refractivity contribution in [1.82, 2.24) is 0 Å². The van der Waals surface area contributed by atoms with Gasteiger partial charge in [-0.15, -0.1) is 0 Å². The molecule has 2 aliphatic rings. The summed E-state index contributed by atoms with van der Waals surface area (Å²) in [7, 11) is 0. The molecule has 0 spiro atoms. The molecule has 0 aromatic heterocycles. The van der Waals surface area contributed by atoms with E-state index in [-0.39, 0.29) is 5.91 Å². The third-order valence-corrected chi connectivity index (χ3v) is 6.55. The first kappa shape index (κ1) is 26.2. The van der Waals surface area contributed by atoms with E-state index in [0.717, 1.165) is 11.8 Å². The van der Waals surface area contributed by atoms with Crippen LogP contribution in [0.25, 0.3) is 0 Å². The van der Waals surface area contributed by atoms with Gasteiger partial charge in [-0.05, 0) is 24.3 Å². The minimum Gasteiger partial charge on any atom is -0.394 e. The average molecular weight is 492 g/mol. The average Bonchev–Trinajstić information content (AvgIpc) is 2.79. The number of carbonyl (C=O) groups excluding carboxylic acids is 1. The predicted octanol–water partition coefficient (Wildman–Crippen LogP) is -2.64. The second kappa shape index (κ2) is 11.4. The molecular weight excluding hydrogens is 462 g/mol. The van der Waals surface area contributed by atoms with Gasteiger partial charge < -0.3 is 55.3 Å². The van der Waals surface area contributed by atoms with Gasteiger partial charge in [0.15, 0.2) is 6.29 Å². The van der Waals surface area contributed by atoms with E-state index >= 15 is 0 Å². The number of aliphatic hydroxyl groups is 7. The van der Waals surface area contributed by atoms with Gasteiger partial charge in [0.25, 0.3) is 0 Å². The Labute approximate surface area is 193 Å². The Morgan fingerprint density at radius 1 is 0.909 bits per heavy atom. The number of benzene rings is 1. The van der Waals surface area contributed by atoms with Crippen LogP contribution >= 0.6 is 11.8 Å². The van der Waals surface area contributed by atoms with Crippen molar-refractivity contribution >= 4 is 23.4 Å². The number of amides is 1. The maximum Gasteiger partial charge on any atom is 0.221 e. The first-order chi connectivity index (χ1) is 15.7. The van der Waals surface area contributed by atoms with E-state index < -0.39 is 73.8 Å². The largest absolute Gasteiger partial charge is 0.394 e. The second-order valence-corrected chi connectivity index (χ2v) is 9.00. The zero-order chi connectivity index (χ0) is 24.3. The number of rotatable bonds is 7. The van der Waals surface area contributed by atoms with Gasteiger partial charge in [-0.25, -0.2) is 0 Å². The van der Waals surface area contributed by atoms with E-state index in [1.807, 2.05) is 0 Å². The number of ether oxygens (including phenoxy) is 3. The zero-order valence-electron chi connectivity index (χ0n) is 17.7. The molecule has 0 radical (unpaired) electrons. The standard InChI is InChI=1S/C20H29NO11S/c1-8(24)21-9-2-4-10(5-3-9)33-20-17(29)15(27)18(12(7-23)31-20)32-19-16(28)14(26)13(25)11(6-22)30-19/h2-5,11-20,22-23,25-29H,6-7H2,1H3,(H,21,24)/t11-,12-,13-,14+,15-,16-,17-,18-,19-,20+/m1/s1. The summed E-state index contributed by atoms with van der Waals surface area (Å²) in [4.78, 5) is 11.8. The van der Waals surface area contributed by atoms with E-state index in [2.05, 4.69) is 5.32 Å². The highest BCUT2D eigenvalue weighted by molar-refractivity contribution is 7.99. The number of carbonyl (C=O) groups is 1. The van der Waals surface area contributed by atoms with E-state index in [4.69, 9.17) is 14.2 Å². The molecule has 2 fully saturated rings. The Balaban J connectivity index is 1.68. The number of aliphatic hydroxyl groups excluding tert-OH is 7. The number of nitrogens with one attached hydrogen (secondary N) is 1. The predicted molar refractivity (Wildman–Crippen MR) is 113 cm³/mol. The summed E-state index contributed by atoms with van der Waals surface area (Å²) in [5.74, 6) is -0.221. The first-order valence-electron chi connectivity index (χ1n) is 10.3. The summed E-state index contributed by atoms with van der Waals surface area (Å²) < 4.78 is 16.5. The molecule has 33 heavy (non-hydrogen) atoms. The molecule has 1 amide bonds. The third-order valence-electron chi connectivity index (χ3n) is 5.39.